The summed E-state index contributed by atoms with van der Waals surface area (Å²) in [6.45, 7) is 18.8. The molecule has 2 aliphatic rings. The number of hydrogen-bond acceptors (Lipinski definition) is 6. The number of ether oxygens (including phenoxy) is 1. The van der Waals surface area contributed by atoms with E-state index in [1.54, 1.807) is 4.90 Å². The van der Waals surface area contributed by atoms with Crippen molar-refractivity contribution in [2.75, 3.05) is 31.1 Å². The van der Waals surface area contributed by atoms with Gasteiger partial charge < -0.3 is 23.8 Å². The lowest BCUT2D eigenvalue weighted by molar-refractivity contribution is 0.00578. The summed E-state index contributed by atoms with van der Waals surface area (Å²) in [5.74, 6) is 0.643. The number of piperazine rings is 1. The minimum Gasteiger partial charge on any atom is -0.444 e. The van der Waals surface area contributed by atoms with Crippen molar-refractivity contribution in [1.82, 2.24) is 4.90 Å². The minimum atomic E-state index is -0.483. The van der Waals surface area contributed by atoms with Gasteiger partial charge in [0.05, 0.1) is 11.2 Å². The first-order chi connectivity index (χ1) is 14.2. The molecule has 6 nitrogen and oxygen atoms in total. The molecule has 2 fully saturated rings. The van der Waals surface area contributed by atoms with Crippen LogP contribution >= 0.6 is 12.6 Å². The van der Waals surface area contributed by atoms with Crippen molar-refractivity contribution < 1.29 is 18.8 Å². The van der Waals surface area contributed by atoms with Gasteiger partial charge in [-0.15, -0.1) is 0 Å². The molecular weight excluding hydrogens is 411 g/mol. The van der Waals surface area contributed by atoms with Gasteiger partial charge in [-0.1, -0.05) is 6.07 Å². The summed E-state index contributed by atoms with van der Waals surface area (Å²) in [6, 6.07) is 4.32. The van der Waals surface area contributed by atoms with E-state index in [-0.39, 0.29) is 17.3 Å². The van der Waals surface area contributed by atoms with Crippen molar-refractivity contribution in [1.29, 1.82) is 0 Å². The van der Waals surface area contributed by atoms with E-state index in [0.717, 1.165) is 24.2 Å². The van der Waals surface area contributed by atoms with E-state index >= 15 is 0 Å². The molecule has 31 heavy (non-hydrogen) atoms. The molecule has 0 unspecified atom stereocenters. The van der Waals surface area contributed by atoms with Crippen molar-refractivity contribution >= 4 is 37.0 Å². The summed E-state index contributed by atoms with van der Waals surface area (Å²) in [5.41, 5.74) is 3.29. The predicted octanol–water partition coefficient (Wildman–Crippen LogP) is 3.78. The van der Waals surface area contributed by atoms with Crippen LogP contribution in [0.3, 0.4) is 0 Å². The monoisotopic (exact) mass is 448 g/mol. The second kappa shape index (κ2) is 8.52. The molecule has 172 valence electrons. The van der Waals surface area contributed by atoms with E-state index in [9.17, 15) is 4.79 Å². The van der Waals surface area contributed by atoms with E-state index < -0.39 is 12.7 Å². The Balaban J connectivity index is 1.80. The van der Waals surface area contributed by atoms with Crippen LogP contribution < -0.4 is 10.4 Å². The Bertz CT molecular complexity index is 814. The Morgan fingerprint density at radius 1 is 1.10 bits per heavy atom. The zero-order valence-corrected chi connectivity index (χ0v) is 21.1. The van der Waals surface area contributed by atoms with Gasteiger partial charge in [0.15, 0.2) is 0 Å². The molecular formula is C23H37BN2O4S. The molecule has 0 spiro atoms. The van der Waals surface area contributed by atoms with E-state index in [1.165, 1.54) is 11.1 Å². The van der Waals surface area contributed by atoms with Gasteiger partial charge in [0.25, 0.3) is 0 Å². The van der Waals surface area contributed by atoms with Crippen molar-refractivity contribution in [2.45, 2.75) is 77.9 Å². The van der Waals surface area contributed by atoms with Crippen LogP contribution in [-0.2, 0) is 19.8 Å². The van der Waals surface area contributed by atoms with Crippen molar-refractivity contribution in [3.05, 3.63) is 23.3 Å². The molecule has 0 radical (unpaired) electrons. The van der Waals surface area contributed by atoms with Gasteiger partial charge in [0, 0.05) is 37.6 Å². The van der Waals surface area contributed by atoms with Gasteiger partial charge >= 0.3 is 13.2 Å². The third-order valence-electron chi connectivity index (χ3n) is 6.48. The van der Waals surface area contributed by atoms with Gasteiger partial charge in [0.1, 0.15) is 5.60 Å². The molecule has 2 aliphatic heterocycles. The van der Waals surface area contributed by atoms with Crippen LogP contribution in [0.2, 0.25) is 0 Å². The first-order valence-corrected chi connectivity index (χ1v) is 11.7. The fourth-order valence-corrected chi connectivity index (χ4v) is 4.17. The number of thiol groups is 1. The summed E-state index contributed by atoms with van der Waals surface area (Å²) in [7, 11) is -0.411. The molecule has 1 amide bonds. The SMILES string of the molecule is Cc1c(CS)cc(B2OC(C)(C)C(C)(C)O2)cc1N1CCN(C(=O)OC(C)(C)C)CC1. The molecule has 0 saturated carbocycles. The lowest BCUT2D eigenvalue weighted by Gasteiger charge is -2.38. The standard InChI is InChI=1S/C23H37BN2O4S/c1-16-17(15-31)13-18(24-29-22(5,6)23(7,8)30-24)14-19(16)25-9-11-26(12-10-25)20(27)28-21(2,3)4/h13-14,31H,9-12,15H2,1-8H3. The number of benzene rings is 1. The van der Waals surface area contributed by atoms with Crippen LogP contribution in [0.4, 0.5) is 10.5 Å². The molecule has 3 rings (SSSR count). The Morgan fingerprint density at radius 3 is 2.13 bits per heavy atom. The second-order valence-electron chi connectivity index (χ2n) is 10.5. The van der Waals surface area contributed by atoms with E-state index in [1.807, 2.05) is 20.8 Å². The first kappa shape index (κ1) is 24.3. The topological polar surface area (TPSA) is 51.2 Å². The highest BCUT2D eigenvalue weighted by molar-refractivity contribution is 7.79. The average molecular weight is 448 g/mol. The summed E-state index contributed by atoms with van der Waals surface area (Å²) in [6.07, 6.45) is -0.245. The maximum atomic E-state index is 12.4. The zero-order chi connectivity index (χ0) is 23.2. The van der Waals surface area contributed by atoms with Crippen LogP contribution in [0.25, 0.3) is 0 Å². The lowest BCUT2D eigenvalue weighted by Crippen LogP contribution is -2.50. The summed E-state index contributed by atoms with van der Waals surface area (Å²) < 4.78 is 18.1. The molecule has 1 aromatic rings. The number of carbonyl (C=O) groups excluding carboxylic acids is 1. The fourth-order valence-electron chi connectivity index (χ4n) is 3.85. The molecule has 1 aromatic carbocycles. The molecule has 0 N–H and O–H groups in total. The molecule has 2 saturated heterocycles. The highest BCUT2D eigenvalue weighted by Gasteiger charge is 2.52. The Morgan fingerprint density at radius 2 is 1.65 bits per heavy atom. The Hall–Kier alpha value is -1.38. The number of nitrogens with zero attached hydrogens (tertiary/aromatic N) is 2. The van der Waals surface area contributed by atoms with Crippen LogP contribution in [0, 0.1) is 6.92 Å². The third-order valence-corrected chi connectivity index (χ3v) is 6.82. The van der Waals surface area contributed by atoms with Crippen molar-refractivity contribution in [2.24, 2.45) is 0 Å². The lowest BCUT2D eigenvalue weighted by atomic mass is 9.77. The highest BCUT2D eigenvalue weighted by Crippen LogP contribution is 2.37. The number of anilines is 1. The molecule has 2 heterocycles. The smallest absolute Gasteiger partial charge is 0.444 e. The number of hydrogen-bond donors (Lipinski definition) is 1. The van der Waals surface area contributed by atoms with Crippen LogP contribution in [0.1, 0.15) is 59.6 Å². The largest absolute Gasteiger partial charge is 0.494 e. The van der Waals surface area contributed by atoms with Crippen LogP contribution in [0.5, 0.6) is 0 Å². The van der Waals surface area contributed by atoms with E-state index in [0.29, 0.717) is 18.8 Å². The molecule has 0 atom stereocenters. The van der Waals surface area contributed by atoms with E-state index in [4.69, 9.17) is 14.0 Å². The van der Waals surface area contributed by atoms with Gasteiger partial charge in [-0.2, -0.15) is 12.6 Å². The highest BCUT2D eigenvalue weighted by atomic mass is 32.1. The first-order valence-electron chi connectivity index (χ1n) is 11.1. The summed E-state index contributed by atoms with van der Waals surface area (Å²) in [5, 5.41) is 0. The minimum absolute atomic E-state index is 0.245. The fraction of sp³-hybridized carbons (Fsp3) is 0.696. The molecule has 0 aliphatic carbocycles. The third kappa shape index (κ3) is 5.17. The maximum Gasteiger partial charge on any atom is 0.494 e. The van der Waals surface area contributed by atoms with Crippen molar-refractivity contribution in [3.63, 3.8) is 0 Å². The Labute approximate surface area is 193 Å². The van der Waals surface area contributed by atoms with Gasteiger partial charge in [0.2, 0.25) is 0 Å². The van der Waals surface area contributed by atoms with Crippen LogP contribution in [-0.4, -0.2) is 61.1 Å². The predicted molar refractivity (Wildman–Crippen MR) is 130 cm³/mol. The van der Waals surface area contributed by atoms with Gasteiger partial charge in [-0.3, -0.25) is 0 Å². The summed E-state index contributed by atoms with van der Waals surface area (Å²) in [4.78, 5) is 16.5. The quantitative estimate of drug-likeness (QED) is 0.564. The normalized spacial score (nSPS) is 20.9. The zero-order valence-electron chi connectivity index (χ0n) is 20.2. The van der Waals surface area contributed by atoms with Crippen LogP contribution in [0.15, 0.2) is 12.1 Å². The summed E-state index contributed by atoms with van der Waals surface area (Å²) >= 11 is 4.56. The van der Waals surface area contributed by atoms with Crippen molar-refractivity contribution in [3.8, 4) is 0 Å². The number of carbonyl (C=O) groups is 1. The second-order valence-corrected chi connectivity index (χ2v) is 10.8. The average Bonchev–Trinajstić information content (AvgIpc) is 2.88. The Kier molecular flexibility index (Phi) is 6.67. The molecule has 0 bridgehead atoms. The molecule has 8 heteroatoms. The maximum absolute atomic E-state index is 12.4. The molecule has 0 aromatic heterocycles. The van der Waals surface area contributed by atoms with Gasteiger partial charge in [-0.25, -0.2) is 4.79 Å². The number of rotatable bonds is 3. The van der Waals surface area contributed by atoms with E-state index in [2.05, 4.69) is 64.3 Å². The van der Waals surface area contributed by atoms with Gasteiger partial charge in [-0.05, 0) is 78.0 Å². The number of amides is 1.